The van der Waals surface area contributed by atoms with E-state index >= 15 is 0 Å². The van der Waals surface area contributed by atoms with Crippen molar-refractivity contribution in [1.29, 1.82) is 0 Å². The zero-order valence-corrected chi connectivity index (χ0v) is 31.3. The number of para-hydroxylation sites is 1. The molecule has 0 aliphatic carbocycles. The van der Waals surface area contributed by atoms with Crippen LogP contribution in [0.5, 0.6) is 5.75 Å². The second-order valence-electron chi connectivity index (χ2n) is 15.0. The van der Waals surface area contributed by atoms with Gasteiger partial charge in [-0.1, -0.05) is 152 Å². The largest absolute Gasteiger partial charge is 0.507 e. The summed E-state index contributed by atoms with van der Waals surface area (Å²) < 4.78 is 6.48. The van der Waals surface area contributed by atoms with Crippen LogP contribution in [-0.4, -0.2) is 5.11 Å². The molecule has 1 heterocycles. The molecule has 0 radical (unpaired) electrons. The maximum absolute atomic E-state index is 10.6. The Morgan fingerprint density at radius 3 is 1.53 bits per heavy atom. The van der Waals surface area contributed by atoms with Crippen molar-refractivity contribution in [2.45, 2.75) is 6.92 Å². The van der Waals surface area contributed by atoms with Gasteiger partial charge in [-0.15, -0.1) is 0 Å². The number of phenolic OH excluding ortho intramolecular Hbond substituents is 1. The summed E-state index contributed by atoms with van der Waals surface area (Å²) in [5, 5.41) is 20.2. The summed E-state index contributed by atoms with van der Waals surface area (Å²) in [6.45, 7) is 2.07. The van der Waals surface area contributed by atoms with Crippen molar-refractivity contribution >= 4 is 54.3 Å². The molecule has 11 rings (SSSR count). The van der Waals surface area contributed by atoms with Crippen LogP contribution in [0.4, 0.5) is 0 Å². The number of furan rings is 1. The molecule has 0 saturated heterocycles. The Labute approximate surface area is 330 Å². The average molecular weight is 729 g/mol. The predicted molar refractivity (Wildman–Crippen MR) is 240 cm³/mol. The number of fused-ring (bicyclic) bond motifs is 6. The number of rotatable bonds is 5. The Kier molecular flexibility index (Phi) is 7.58. The summed E-state index contributed by atoms with van der Waals surface area (Å²) in [7, 11) is 0. The fourth-order valence-electron chi connectivity index (χ4n) is 8.98. The van der Waals surface area contributed by atoms with E-state index in [2.05, 4.69) is 177 Å². The fraction of sp³-hybridized carbons (Fsp3) is 0.0182. The Morgan fingerprint density at radius 2 is 0.877 bits per heavy atom. The summed E-state index contributed by atoms with van der Waals surface area (Å²) in [6.07, 6.45) is 0. The van der Waals surface area contributed by atoms with E-state index in [0.717, 1.165) is 49.8 Å². The van der Waals surface area contributed by atoms with Gasteiger partial charge in [0.15, 0.2) is 0 Å². The molecular formula is C55H36O2. The summed E-state index contributed by atoms with van der Waals surface area (Å²) in [6, 6.07) is 69.2. The molecule has 10 aromatic carbocycles. The molecule has 1 N–H and O–H groups in total. The van der Waals surface area contributed by atoms with Gasteiger partial charge in [0.2, 0.25) is 0 Å². The highest BCUT2D eigenvalue weighted by molar-refractivity contribution is 6.21. The molecule has 0 atom stereocenters. The number of benzene rings is 10. The molecule has 0 fully saturated rings. The van der Waals surface area contributed by atoms with Crippen LogP contribution in [-0.2, 0) is 0 Å². The molecule has 0 bridgehead atoms. The first-order chi connectivity index (χ1) is 28.1. The van der Waals surface area contributed by atoms with Crippen molar-refractivity contribution in [3.8, 4) is 61.4 Å². The highest BCUT2D eigenvalue weighted by atomic mass is 16.3. The molecule has 0 unspecified atom stereocenters. The monoisotopic (exact) mass is 728 g/mol. The van der Waals surface area contributed by atoms with E-state index in [1.165, 1.54) is 65.7 Å². The van der Waals surface area contributed by atoms with Gasteiger partial charge >= 0.3 is 0 Å². The number of aromatic hydroxyl groups is 1. The van der Waals surface area contributed by atoms with Crippen molar-refractivity contribution in [2.24, 2.45) is 0 Å². The Hall–Kier alpha value is -7.42. The molecule has 1 aromatic heterocycles. The molecule has 0 aliphatic heterocycles. The molecule has 0 amide bonds. The van der Waals surface area contributed by atoms with E-state index in [1.54, 1.807) is 6.07 Å². The maximum atomic E-state index is 10.6. The first-order valence-electron chi connectivity index (χ1n) is 19.5. The highest BCUT2D eigenvalue weighted by Crippen LogP contribution is 2.45. The number of hydrogen-bond acceptors (Lipinski definition) is 2. The van der Waals surface area contributed by atoms with Gasteiger partial charge in [0.05, 0.1) is 0 Å². The van der Waals surface area contributed by atoms with E-state index < -0.39 is 0 Å². The third kappa shape index (κ3) is 5.41. The van der Waals surface area contributed by atoms with Gasteiger partial charge in [0.25, 0.3) is 0 Å². The van der Waals surface area contributed by atoms with E-state index in [9.17, 15) is 5.11 Å². The van der Waals surface area contributed by atoms with Gasteiger partial charge in [-0.2, -0.15) is 0 Å². The summed E-state index contributed by atoms with van der Waals surface area (Å²) in [4.78, 5) is 0. The van der Waals surface area contributed by atoms with Crippen LogP contribution in [0.2, 0.25) is 0 Å². The minimum absolute atomic E-state index is 0.264. The quantitative estimate of drug-likeness (QED) is 0.179. The van der Waals surface area contributed by atoms with Gasteiger partial charge < -0.3 is 9.52 Å². The van der Waals surface area contributed by atoms with Crippen molar-refractivity contribution in [3.63, 3.8) is 0 Å². The van der Waals surface area contributed by atoms with Crippen LogP contribution in [0.25, 0.3) is 110 Å². The second kappa shape index (κ2) is 13.1. The lowest BCUT2D eigenvalue weighted by Gasteiger charge is -2.18. The Bertz CT molecular complexity index is 3330. The number of hydrogen-bond donors (Lipinski definition) is 1. The lowest BCUT2D eigenvalue weighted by molar-refractivity contribution is 0.477. The smallest absolute Gasteiger partial charge is 0.138 e. The molecule has 0 aliphatic rings. The molecule has 268 valence electrons. The topological polar surface area (TPSA) is 33.4 Å². The molecule has 2 nitrogen and oxygen atoms in total. The molecular weight excluding hydrogens is 693 g/mol. The number of aryl methyl sites for hydroxylation is 1. The SMILES string of the molecule is Cc1c(-c2ccccc2O)ccc2c1oc1ccc(-c3cccc(-c4c5ccccc5c(-c5cccc(-c6ccc7ccccc7c6)c5)c5ccccc45)c3)cc12. The Balaban J connectivity index is 1.04. The maximum Gasteiger partial charge on any atom is 0.138 e. The van der Waals surface area contributed by atoms with Crippen LogP contribution in [0, 0.1) is 6.92 Å². The third-order valence-electron chi connectivity index (χ3n) is 11.7. The van der Waals surface area contributed by atoms with Crippen LogP contribution in [0.15, 0.2) is 199 Å². The van der Waals surface area contributed by atoms with Crippen LogP contribution < -0.4 is 0 Å². The highest BCUT2D eigenvalue weighted by Gasteiger charge is 2.19. The number of phenols is 1. The lowest BCUT2D eigenvalue weighted by atomic mass is 9.85. The third-order valence-corrected chi connectivity index (χ3v) is 11.7. The zero-order chi connectivity index (χ0) is 38.0. The van der Waals surface area contributed by atoms with Gasteiger partial charge in [-0.25, -0.2) is 0 Å². The second-order valence-corrected chi connectivity index (χ2v) is 15.0. The van der Waals surface area contributed by atoms with E-state index in [4.69, 9.17) is 4.42 Å². The van der Waals surface area contributed by atoms with Gasteiger partial charge in [0, 0.05) is 21.9 Å². The summed E-state index contributed by atoms with van der Waals surface area (Å²) in [5.74, 6) is 0.264. The van der Waals surface area contributed by atoms with E-state index in [1.807, 2.05) is 18.2 Å². The van der Waals surface area contributed by atoms with Crippen molar-refractivity contribution in [2.75, 3.05) is 0 Å². The normalized spacial score (nSPS) is 11.7. The van der Waals surface area contributed by atoms with Crippen molar-refractivity contribution < 1.29 is 9.52 Å². The minimum Gasteiger partial charge on any atom is -0.507 e. The first-order valence-corrected chi connectivity index (χ1v) is 19.5. The predicted octanol–water partition coefficient (Wildman–Crippen LogP) is 15.4. The lowest BCUT2D eigenvalue weighted by Crippen LogP contribution is -1.91. The van der Waals surface area contributed by atoms with E-state index in [-0.39, 0.29) is 5.75 Å². The fourth-order valence-corrected chi connectivity index (χ4v) is 8.98. The first kappa shape index (κ1) is 33.0. The van der Waals surface area contributed by atoms with Gasteiger partial charge in [-0.3, -0.25) is 0 Å². The standard InChI is InChI=1S/C55H36O2/c1-34-43(44-18-8-9-23-51(44)56)27-28-49-50-33-40(26-29-52(50)57-55(34)49)38-15-11-17-42(32-38)54-47-21-6-4-19-45(47)53(46-20-5-7-22-48(46)54)41-16-10-14-37(31-41)39-25-24-35-12-2-3-13-36(35)30-39/h2-33,56H,1H3. The van der Waals surface area contributed by atoms with Crippen LogP contribution in [0.1, 0.15) is 5.56 Å². The molecule has 0 saturated carbocycles. The summed E-state index contributed by atoms with van der Waals surface area (Å²) in [5.41, 5.74) is 14.0. The molecule has 57 heavy (non-hydrogen) atoms. The van der Waals surface area contributed by atoms with Crippen molar-refractivity contribution in [1.82, 2.24) is 0 Å². The van der Waals surface area contributed by atoms with Gasteiger partial charge in [-0.05, 0) is 132 Å². The Morgan fingerprint density at radius 1 is 0.351 bits per heavy atom. The van der Waals surface area contributed by atoms with Crippen molar-refractivity contribution in [3.05, 3.63) is 200 Å². The van der Waals surface area contributed by atoms with Crippen LogP contribution in [0.3, 0.4) is 0 Å². The molecule has 2 heteroatoms. The minimum atomic E-state index is 0.264. The van der Waals surface area contributed by atoms with Gasteiger partial charge in [0.1, 0.15) is 16.9 Å². The zero-order valence-electron chi connectivity index (χ0n) is 31.3. The van der Waals surface area contributed by atoms with Crippen LogP contribution >= 0.6 is 0 Å². The average Bonchev–Trinajstić information content (AvgIpc) is 3.65. The summed E-state index contributed by atoms with van der Waals surface area (Å²) >= 11 is 0. The van der Waals surface area contributed by atoms with E-state index in [0.29, 0.717) is 0 Å². The molecule has 0 spiro atoms. The molecule has 11 aromatic rings.